The molecule has 0 N–H and O–H groups in total. The van der Waals surface area contributed by atoms with Crippen molar-refractivity contribution in [2.24, 2.45) is 0 Å². The zero-order chi connectivity index (χ0) is 12.7. The van der Waals surface area contributed by atoms with Gasteiger partial charge in [-0.25, -0.2) is 0 Å². The van der Waals surface area contributed by atoms with Crippen molar-refractivity contribution in [2.75, 3.05) is 0 Å². The van der Waals surface area contributed by atoms with Crippen molar-refractivity contribution < 1.29 is 0 Å². The Balaban J connectivity index is 2.13. The minimum Gasteiger partial charge on any atom is -0.135 e. The number of hydrogen-bond donors (Lipinski definition) is 0. The van der Waals surface area contributed by atoms with Gasteiger partial charge in [-0.3, -0.25) is 0 Å². The fraction of sp³-hybridized carbons (Fsp3) is 0. The molecule has 0 amide bonds. The van der Waals surface area contributed by atoms with E-state index in [1.165, 1.54) is 31.3 Å². The lowest BCUT2D eigenvalue weighted by Crippen LogP contribution is -1.76. The molecule has 0 atom stereocenters. The average molecular weight is 259 g/mol. The van der Waals surface area contributed by atoms with Crippen molar-refractivity contribution in [3.63, 3.8) is 0 Å². The van der Waals surface area contributed by atoms with E-state index in [-0.39, 0.29) is 0 Å². The third-order valence-electron chi connectivity index (χ3n) is 3.42. The highest BCUT2D eigenvalue weighted by atomic mass is 32.1. The molecule has 19 heavy (non-hydrogen) atoms. The highest BCUT2D eigenvalue weighted by Gasteiger charge is 2.09. The van der Waals surface area contributed by atoms with Crippen molar-refractivity contribution in [1.82, 2.24) is 0 Å². The molecule has 0 nitrogen and oxygen atoms in total. The normalized spacial score (nSPS) is 11.2. The summed E-state index contributed by atoms with van der Waals surface area (Å²) in [5.74, 6) is 0. The molecule has 1 heteroatoms. The van der Waals surface area contributed by atoms with Gasteiger partial charge in [0, 0.05) is 20.2 Å². The lowest BCUT2D eigenvalue weighted by Gasteiger charge is -2.02. The summed E-state index contributed by atoms with van der Waals surface area (Å²) in [6.07, 6.45) is 0. The van der Waals surface area contributed by atoms with Crippen LogP contribution in [0, 0.1) is 6.07 Å². The summed E-state index contributed by atoms with van der Waals surface area (Å²) >= 11 is 1.87. The zero-order valence-corrected chi connectivity index (χ0v) is 11.1. The Morgan fingerprint density at radius 1 is 0.789 bits per heavy atom. The summed E-state index contributed by atoms with van der Waals surface area (Å²) in [5.41, 5.74) is 2.54. The number of hydrogen-bond acceptors (Lipinski definition) is 1. The van der Waals surface area contributed by atoms with Gasteiger partial charge in [-0.05, 0) is 29.3 Å². The van der Waals surface area contributed by atoms with Crippen LogP contribution >= 0.6 is 11.3 Å². The van der Waals surface area contributed by atoms with Gasteiger partial charge in [-0.2, -0.15) is 0 Å². The molecule has 0 bridgehead atoms. The van der Waals surface area contributed by atoms with Gasteiger partial charge in [0.25, 0.3) is 0 Å². The number of fused-ring (bicyclic) bond motifs is 3. The van der Waals surface area contributed by atoms with E-state index in [4.69, 9.17) is 0 Å². The molecule has 4 rings (SSSR count). The van der Waals surface area contributed by atoms with E-state index in [2.05, 4.69) is 60.7 Å². The second kappa shape index (κ2) is 4.22. The molecule has 0 fully saturated rings. The Bertz CT molecular complexity index is 857. The van der Waals surface area contributed by atoms with Crippen LogP contribution in [0.5, 0.6) is 0 Å². The van der Waals surface area contributed by atoms with Crippen LogP contribution in [0.3, 0.4) is 0 Å². The van der Waals surface area contributed by atoms with E-state index in [1.807, 2.05) is 23.5 Å². The van der Waals surface area contributed by atoms with Crippen molar-refractivity contribution >= 4 is 31.5 Å². The maximum Gasteiger partial charge on any atom is 0.0433 e. The summed E-state index contributed by atoms with van der Waals surface area (Å²) in [6, 6.07) is 26.5. The first kappa shape index (κ1) is 10.8. The van der Waals surface area contributed by atoms with Gasteiger partial charge in [0.15, 0.2) is 0 Å². The molecular formula is C18H11S. The second-order valence-electron chi connectivity index (χ2n) is 4.57. The molecular weight excluding hydrogens is 248 g/mol. The quantitative estimate of drug-likeness (QED) is 0.422. The van der Waals surface area contributed by atoms with Gasteiger partial charge in [0.05, 0.1) is 0 Å². The zero-order valence-electron chi connectivity index (χ0n) is 10.3. The van der Waals surface area contributed by atoms with Gasteiger partial charge in [-0.15, -0.1) is 11.3 Å². The van der Waals surface area contributed by atoms with Gasteiger partial charge < -0.3 is 0 Å². The largest absolute Gasteiger partial charge is 0.135 e. The predicted molar refractivity (Wildman–Crippen MR) is 83.6 cm³/mol. The topological polar surface area (TPSA) is 0 Å². The molecule has 1 radical (unpaired) electrons. The van der Waals surface area contributed by atoms with Gasteiger partial charge in [0.1, 0.15) is 0 Å². The van der Waals surface area contributed by atoms with E-state index in [0.717, 1.165) is 0 Å². The van der Waals surface area contributed by atoms with Crippen molar-refractivity contribution in [2.45, 2.75) is 0 Å². The Morgan fingerprint density at radius 3 is 2.58 bits per heavy atom. The molecule has 3 aromatic carbocycles. The molecule has 0 spiro atoms. The number of rotatable bonds is 1. The Labute approximate surface area is 115 Å². The standard InChI is InChI=1S/C18H11S/c1-2-7-13(8-3-1)14-10-6-11-16-15-9-4-5-12-17(15)19-18(14)16/h1-2,4-12H. The highest BCUT2D eigenvalue weighted by Crippen LogP contribution is 2.39. The number of thiophene rings is 1. The molecule has 0 saturated heterocycles. The summed E-state index contributed by atoms with van der Waals surface area (Å²) < 4.78 is 2.72. The molecule has 0 aliphatic rings. The number of benzene rings is 3. The van der Waals surface area contributed by atoms with E-state index >= 15 is 0 Å². The third kappa shape index (κ3) is 1.66. The van der Waals surface area contributed by atoms with Crippen LogP contribution < -0.4 is 0 Å². The van der Waals surface area contributed by atoms with Crippen molar-refractivity contribution in [1.29, 1.82) is 0 Å². The Kier molecular flexibility index (Phi) is 2.39. The fourth-order valence-corrected chi connectivity index (χ4v) is 3.77. The second-order valence-corrected chi connectivity index (χ2v) is 5.62. The predicted octanol–water partition coefficient (Wildman–Crippen LogP) is 5.52. The molecule has 0 unspecified atom stereocenters. The van der Waals surface area contributed by atoms with E-state index in [9.17, 15) is 0 Å². The van der Waals surface area contributed by atoms with Crippen molar-refractivity contribution in [3.05, 3.63) is 72.8 Å². The van der Waals surface area contributed by atoms with E-state index in [0.29, 0.717) is 0 Å². The maximum atomic E-state index is 3.16. The van der Waals surface area contributed by atoms with Crippen molar-refractivity contribution in [3.8, 4) is 11.1 Å². The van der Waals surface area contributed by atoms with Crippen LogP contribution in [0.15, 0.2) is 66.7 Å². The Hall–Kier alpha value is -2.12. The Morgan fingerprint density at radius 2 is 1.68 bits per heavy atom. The SMILES string of the molecule is [c]1cccc(-c2cccc3c2sc2ccccc23)c1. The first-order valence-electron chi connectivity index (χ1n) is 6.30. The molecule has 1 aromatic heterocycles. The fourth-order valence-electron chi connectivity index (χ4n) is 2.54. The van der Waals surface area contributed by atoms with Gasteiger partial charge in [0.2, 0.25) is 0 Å². The first-order chi connectivity index (χ1) is 9.43. The van der Waals surface area contributed by atoms with Crippen LogP contribution in [0.1, 0.15) is 0 Å². The maximum absolute atomic E-state index is 3.16. The lowest BCUT2D eigenvalue weighted by molar-refractivity contribution is 1.66. The minimum absolute atomic E-state index is 1.24. The summed E-state index contributed by atoms with van der Waals surface area (Å²) in [5, 5.41) is 2.70. The molecule has 0 saturated carbocycles. The average Bonchev–Trinajstić information content (AvgIpc) is 2.87. The first-order valence-corrected chi connectivity index (χ1v) is 7.12. The van der Waals surface area contributed by atoms with Crippen LogP contribution in [0.2, 0.25) is 0 Å². The van der Waals surface area contributed by atoms with E-state index in [1.54, 1.807) is 0 Å². The minimum atomic E-state index is 1.24. The van der Waals surface area contributed by atoms with Gasteiger partial charge in [-0.1, -0.05) is 54.6 Å². The summed E-state index contributed by atoms with van der Waals surface area (Å²) in [6.45, 7) is 0. The van der Waals surface area contributed by atoms with E-state index < -0.39 is 0 Å². The molecule has 0 aliphatic heterocycles. The summed E-state index contributed by atoms with van der Waals surface area (Å²) in [7, 11) is 0. The molecule has 1 heterocycles. The smallest absolute Gasteiger partial charge is 0.0433 e. The molecule has 4 aromatic rings. The highest BCUT2D eigenvalue weighted by molar-refractivity contribution is 7.26. The van der Waals surface area contributed by atoms with Gasteiger partial charge >= 0.3 is 0 Å². The van der Waals surface area contributed by atoms with Crippen LogP contribution in [-0.2, 0) is 0 Å². The summed E-state index contributed by atoms with van der Waals surface area (Å²) in [4.78, 5) is 0. The monoisotopic (exact) mass is 259 g/mol. The van der Waals surface area contributed by atoms with Crippen LogP contribution in [0.4, 0.5) is 0 Å². The molecule has 89 valence electrons. The lowest BCUT2D eigenvalue weighted by atomic mass is 10.0. The van der Waals surface area contributed by atoms with Crippen LogP contribution in [0.25, 0.3) is 31.3 Å². The third-order valence-corrected chi connectivity index (χ3v) is 4.64. The molecule has 0 aliphatic carbocycles. The van der Waals surface area contributed by atoms with Crippen LogP contribution in [-0.4, -0.2) is 0 Å².